The van der Waals surface area contributed by atoms with Crippen molar-refractivity contribution in [3.63, 3.8) is 0 Å². The van der Waals surface area contributed by atoms with Crippen LogP contribution in [0.1, 0.15) is 17.3 Å². The number of nitro groups is 1. The Morgan fingerprint density at radius 1 is 1.14 bits per heavy atom. The number of Topliss-reactive ketones (excluding diaryl/α,β-unsaturated/α-hetero) is 1. The van der Waals surface area contributed by atoms with Crippen LogP contribution >= 0.6 is 0 Å². The van der Waals surface area contributed by atoms with E-state index in [0.29, 0.717) is 0 Å². The quantitative estimate of drug-likeness (QED) is 0.373. The molecule has 0 radical (unpaired) electrons. The second kappa shape index (κ2) is 5.64. The minimum Gasteiger partial charge on any atom is -0.295 e. The molecule has 0 saturated heterocycles. The SMILES string of the molecule is CC(=O)c1ccc(S(=O)(=O)c2ccc(F)cc2)c([N+](=O)[O-])c1. The Kier molecular flexibility index (Phi) is 4.05. The fourth-order valence-electron chi connectivity index (χ4n) is 1.85. The number of carbonyl (C=O) groups is 1. The topological polar surface area (TPSA) is 94.3 Å². The van der Waals surface area contributed by atoms with Gasteiger partial charge in [0, 0.05) is 11.6 Å². The standard InChI is InChI=1S/C14H10FNO5S/c1-9(17)10-2-7-14(13(8-10)16(18)19)22(20,21)12-5-3-11(15)4-6-12/h2-8H,1H3. The van der Waals surface area contributed by atoms with E-state index in [0.717, 1.165) is 36.4 Å². The highest BCUT2D eigenvalue weighted by atomic mass is 32.2. The van der Waals surface area contributed by atoms with Crippen LogP contribution in [0.3, 0.4) is 0 Å². The Morgan fingerprint density at radius 3 is 2.23 bits per heavy atom. The molecule has 0 saturated carbocycles. The molecule has 2 aromatic carbocycles. The van der Waals surface area contributed by atoms with Crippen LogP contribution in [0.5, 0.6) is 0 Å². The summed E-state index contributed by atoms with van der Waals surface area (Å²) in [6, 6.07) is 7.06. The normalized spacial score (nSPS) is 11.2. The summed E-state index contributed by atoms with van der Waals surface area (Å²) in [5.74, 6) is -1.05. The molecule has 0 aliphatic rings. The van der Waals surface area contributed by atoms with E-state index in [2.05, 4.69) is 0 Å². The molecule has 0 fully saturated rings. The van der Waals surface area contributed by atoms with Crippen molar-refractivity contribution in [1.82, 2.24) is 0 Å². The van der Waals surface area contributed by atoms with Crippen molar-refractivity contribution in [2.24, 2.45) is 0 Å². The number of benzene rings is 2. The molecule has 22 heavy (non-hydrogen) atoms. The van der Waals surface area contributed by atoms with Gasteiger partial charge >= 0.3 is 0 Å². The molecule has 0 aliphatic carbocycles. The third-order valence-electron chi connectivity index (χ3n) is 2.98. The summed E-state index contributed by atoms with van der Waals surface area (Å²) in [5, 5.41) is 11.1. The van der Waals surface area contributed by atoms with Crippen LogP contribution in [0.15, 0.2) is 52.3 Å². The summed E-state index contributed by atoms with van der Waals surface area (Å²) in [6.07, 6.45) is 0. The number of carbonyl (C=O) groups excluding carboxylic acids is 1. The van der Waals surface area contributed by atoms with E-state index in [-0.39, 0.29) is 10.5 Å². The maximum Gasteiger partial charge on any atom is 0.289 e. The van der Waals surface area contributed by atoms with E-state index in [1.54, 1.807) is 0 Å². The Hall–Kier alpha value is -2.61. The van der Waals surface area contributed by atoms with E-state index in [9.17, 15) is 27.7 Å². The predicted molar refractivity (Wildman–Crippen MR) is 75.0 cm³/mol. The maximum absolute atomic E-state index is 12.9. The van der Waals surface area contributed by atoms with Crippen molar-refractivity contribution in [2.75, 3.05) is 0 Å². The first-order chi connectivity index (χ1) is 10.2. The average molecular weight is 323 g/mol. The van der Waals surface area contributed by atoms with Gasteiger partial charge in [-0.05, 0) is 43.3 Å². The fourth-order valence-corrected chi connectivity index (χ4v) is 3.25. The van der Waals surface area contributed by atoms with Crippen molar-refractivity contribution in [3.8, 4) is 0 Å². The Bertz CT molecular complexity index is 859. The van der Waals surface area contributed by atoms with Gasteiger partial charge in [-0.3, -0.25) is 14.9 Å². The second-order valence-electron chi connectivity index (χ2n) is 4.45. The molecule has 2 aromatic rings. The molecule has 0 bridgehead atoms. The van der Waals surface area contributed by atoms with E-state index in [1.165, 1.54) is 13.0 Å². The van der Waals surface area contributed by atoms with Gasteiger partial charge in [0.1, 0.15) is 10.7 Å². The van der Waals surface area contributed by atoms with Crippen molar-refractivity contribution >= 4 is 21.3 Å². The van der Waals surface area contributed by atoms with E-state index in [1.807, 2.05) is 0 Å². The third kappa shape index (κ3) is 2.86. The molecule has 8 heteroatoms. The molecule has 0 amide bonds. The number of sulfone groups is 1. The zero-order valence-corrected chi connectivity index (χ0v) is 12.1. The van der Waals surface area contributed by atoms with Crippen LogP contribution in [0.2, 0.25) is 0 Å². The fraction of sp³-hybridized carbons (Fsp3) is 0.0714. The summed E-state index contributed by atoms with van der Waals surface area (Å²) < 4.78 is 37.8. The molecule has 0 aromatic heterocycles. The number of nitrogens with zero attached hydrogens (tertiary/aromatic N) is 1. The summed E-state index contributed by atoms with van der Waals surface area (Å²) in [6.45, 7) is 1.22. The highest BCUT2D eigenvalue weighted by Gasteiger charge is 2.28. The molecule has 0 spiro atoms. The van der Waals surface area contributed by atoms with Crippen LogP contribution in [0.25, 0.3) is 0 Å². The molecule has 0 atom stereocenters. The number of nitro benzene ring substituents is 1. The first-order valence-electron chi connectivity index (χ1n) is 6.03. The number of rotatable bonds is 4. The lowest BCUT2D eigenvalue weighted by Crippen LogP contribution is -2.07. The monoisotopic (exact) mass is 323 g/mol. The van der Waals surface area contributed by atoms with Gasteiger partial charge in [0.25, 0.3) is 5.69 Å². The summed E-state index contributed by atoms with van der Waals surface area (Å²) >= 11 is 0. The first-order valence-corrected chi connectivity index (χ1v) is 7.52. The predicted octanol–water partition coefficient (Wildman–Crippen LogP) is 2.77. The maximum atomic E-state index is 12.9. The van der Waals surface area contributed by atoms with Crippen molar-refractivity contribution in [1.29, 1.82) is 0 Å². The molecule has 0 unspecified atom stereocenters. The first kappa shape index (κ1) is 15.8. The number of ketones is 1. The Balaban J connectivity index is 2.67. The van der Waals surface area contributed by atoms with Gasteiger partial charge < -0.3 is 0 Å². The van der Waals surface area contributed by atoms with Gasteiger partial charge in [-0.15, -0.1) is 0 Å². The third-order valence-corrected chi connectivity index (χ3v) is 4.79. The number of halogens is 1. The van der Waals surface area contributed by atoms with E-state index >= 15 is 0 Å². The zero-order chi connectivity index (χ0) is 16.5. The van der Waals surface area contributed by atoms with Gasteiger partial charge in [-0.1, -0.05) is 0 Å². The molecule has 0 N–H and O–H groups in total. The van der Waals surface area contributed by atoms with Crippen LogP contribution in [0, 0.1) is 15.9 Å². The Labute approximate surface area is 125 Å². The smallest absolute Gasteiger partial charge is 0.289 e. The van der Waals surface area contributed by atoms with Crippen molar-refractivity contribution < 1.29 is 22.5 Å². The zero-order valence-electron chi connectivity index (χ0n) is 11.3. The number of hydrogen-bond acceptors (Lipinski definition) is 5. The largest absolute Gasteiger partial charge is 0.295 e. The van der Waals surface area contributed by atoms with Crippen molar-refractivity contribution in [2.45, 2.75) is 16.7 Å². The molecule has 0 heterocycles. The minimum absolute atomic E-state index is 0.0322. The van der Waals surface area contributed by atoms with Gasteiger partial charge in [-0.25, -0.2) is 12.8 Å². The minimum atomic E-state index is -4.19. The van der Waals surface area contributed by atoms with Crippen LogP contribution in [-0.4, -0.2) is 19.1 Å². The summed E-state index contributed by atoms with van der Waals surface area (Å²) in [4.78, 5) is 20.7. The summed E-state index contributed by atoms with van der Waals surface area (Å²) in [5.41, 5.74) is -0.665. The lowest BCUT2D eigenvalue weighted by molar-refractivity contribution is -0.387. The molecule has 114 valence electrons. The summed E-state index contributed by atoms with van der Waals surface area (Å²) in [7, 11) is -4.19. The van der Waals surface area contributed by atoms with E-state index in [4.69, 9.17) is 0 Å². The highest BCUT2D eigenvalue weighted by molar-refractivity contribution is 7.91. The van der Waals surface area contributed by atoms with E-state index < -0.39 is 36.9 Å². The molecule has 2 rings (SSSR count). The van der Waals surface area contributed by atoms with Gasteiger partial charge in [0.05, 0.1) is 9.82 Å². The van der Waals surface area contributed by atoms with Crippen LogP contribution in [0.4, 0.5) is 10.1 Å². The number of hydrogen-bond donors (Lipinski definition) is 0. The van der Waals surface area contributed by atoms with Gasteiger partial charge in [-0.2, -0.15) is 0 Å². The highest BCUT2D eigenvalue weighted by Crippen LogP contribution is 2.30. The molecular weight excluding hydrogens is 313 g/mol. The lowest BCUT2D eigenvalue weighted by atomic mass is 10.1. The molecule has 0 aliphatic heterocycles. The molecular formula is C14H10FNO5S. The van der Waals surface area contributed by atoms with Crippen LogP contribution < -0.4 is 0 Å². The van der Waals surface area contributed by atoms with Crippen LogP contribution in [-0.2, 0) is 9.84 Å². The van der Waals surface area contributed by atoms with Gasteiger partial charge in [0.15, 0.2) is 5.78 Å². The second-order valence-corrected chi connectivity index (χ2v) is 6.37. The van der Waals surface area contributed by atoms with Gasteiger partial charge in [0.2, 0.25) is 9.84 Å². The average Bonchev–Trinajstić information content (AvgIpc) is 2.46. The lowest BCUT2D eigenvalue weighted by Gasteiger charge is -2.06. The molecule has 6 nitrogen and oxygen atoms in total. The Morgan fingerprint density at radius 2 is 1.73 bits per heavy atom. The van der Waals surface area contributed by atoms with Crippen molar-refractivity contribution in [3.05, 3.63) is 64.0 Å².